The Balaban J connectivity index is 1.72. The van der Waals surface area contributed by atoms with Crippen molar-refractivity contribution in [2.45, 2.75) is 19.8 Å². The molecular formula is C17H18N2O3S. The van der Waals surface area contributed by atoms with Gasteiger partial charge in [0.2, 0.25) is 5.91 Å². The molecule has 0 bridgehead atoms. The van der Waals surface area contributed by atoms with Crippen molar-refractivity contribution in [2.75, 3.05) is 11.9 Å². The molecule has 2 amide bonds. The Bertz CT molecular complexity index is 696. The summed E-state index contributed by atoms with van der Waals surface area (Å²) in [6.45, 7) is 1.92. The molecule has 0 atom stereocenters. The monoisotopic (exact) mass is 330 g/mol. The zero-order valence-corrected chi connectivity index (χ0v) is 13.6. The summed E-state index contributed by atoms with van der Waals surface area (Å²) in [6.07, 6.45) is 0.850. The summed E-state index contributed by atoms with van der Waals surface area (Å²) in [5, 5.41) is 9.15. The first-order chi connectivity index (χ1) is 11.1. The highest BCUT2D eigenvalue weighted by Gasteiger charge is 2.07. The number of thiophene rings is 1. The Hall–Kier alpha value is -2.47. The Kier molecular flexibility index (Phi) is 6.05. The van der Waals surface area contributed by atoms with Gasteiger partial charge in [-0.25, -0.2) is 0 Å². The van der Waals surface area contributed by atoms with Crippen LogP contribution in [-0.4, -0.2) is 24.1 Å². The van der Waals surface area contributed by atoms with Crippen LogP contribution in [0.25, 0.3) is 0 Å². The van der Waals surface area contributed by atoms with Crippen molar-refractivity contribution in [1.29, 1.82) is 0 Å². The molecule has 2 rings (SSSR count). The molecule has 5 nitrogen and oxygen atoms in total. The minimum Gasteiger partial charge on any atom is -0.352 e. The first kappa shape index (κ1) is 16.9. The molecule has 1 heterocycles. The molecule has 2 aromatic rings. The van der Waals surface area contributed by atoms with Crippen LogP contribution in [0.5, 0.6) is 0 Å². The summed E-state index contributed by atoms with van der Waals surface area (Å²) in [5.41, 5.74) is 1.80. The molecule has 1 aromatic carbocycles. The number of benzene rings is 1. The third kappa shape index (κ3) is 5.34. The predicted octanol–water partition coefficient (Wildman–Crippen LogP) is 3.10. The van der Waals surface area contributed by atoms with Crippen LogP contribution in [0.15, 0.2) is 41.1 Å². The standard InChI is InChI=1S/C17H18N2O3S/c1-12(20)13-4-2-5-15(10-13)19-16(21)6-3-8-18-17(22)14-7-9-23-11-14/h2,4-5,7,9-11H,3,6,8H2,1H3,(H,18,22)(H,19,21). The average Bonchev–Trinajstić information content (AvgIpc) is 3.06. The van der Waals surface area contributed by atoms with Crippen molar-refractivity contribution in [3.8, 4) is 0 Å². The highest BCUT2D eigenvalue weighted by molar-refractivity contribution is 7.08. The van der Waals surface area contributed by atoms with Crippen molar-refractivity contribution in [2.24, 2.45) is 0 Å². The Morgan fingerprint density at radius 2 is 1.96 bits per heavy atom. The van der Waals surface area contributed by atoms with Crippen LogP contribution < -0.4 is 10.6 Å². The van der Waals surface area contributed by atoms with E-state index in [-0.39, 0.29) is 17.6 Å². The first-order valence-corrected chi connectivity index (χ1v) is 8.22. The number of carbonyl (C=O) groups excluding carboxylic acids is 3. The van der Waals surface area contributed by atoms with Crippen molar-refractivity contribution < 1.29 is 14.4 Å². The average molecular weight is 330 g/mol. The lowest BCUT2D eigenvalue weighted by molar-refractivity contribution is -0.116. The van der Waals surface area contributed by atoms with Gasteiger partial charge in [0.15, 0.2) is 5.78 Å². The number of Topliss-reactive ketones (excluding diaryl/α,β-unsaturated/α-hetero) is 1. The van der Waals surface area contributed by atoms with E-state index in [4.69, 9.17) is 0 Å². The molecule has 0 spiro atoms. The van der Waals surface area contributed by atoms with Crippen LogP contribution in [0.4, 0.5) is 5.69 Å². The lowest BCUT2D eigenvalue weighted by Gasteiger charge is -2.07. The maximum atomic E-state index is 11.9. The number of hydrogen-bond acceptors (Lipinski definition) is 4. The molecule has 0 aliphatic rings. The summed E-state index contributed by atoms with van der Waals surface area (Å²) in [5.74, 6) is -0.312. The fourth-order valence-electron chi connectivity index (χ4n) is 1.99. The highest BCUT2D eigenvalue weighted by Crippen LogP contribution is 2.11. The van der Waals surface area contributed by atoms with Crippen molar-refractivity contribution in [3.05, 3.63) is 52.2 Å². The highest BCUT2D eigenvalue weighted by atomic mass is 32.1. The number of amides is 2. The van der Waals surface area contributed by atoms with E-state index in [9.17, 15) is 14.4 Å². The van der Waals surface area contributed by atoms with E-state index in [1.807, 2.05) is 5.38 Å². The molecule has 23 heavy (non-hydrogen) atoms. The number of hydrogen-bond donors (Lipinski definition) is 2. The quantitative estimate of drug-likeness (QED) is 0.605. The lowest BCUT2D eigenvalue weighted by atomic mass is 10.1. The predicted molar refractivity (Wildman–Crippen MR) is 91.0 cm³/mol. The first-order valence-electron chi connectivity index (χ1n) is 7.27. The van der Waals surface area contributed by atoms with E-state index in [0.717, 1.165) is 0 Å². The van der Waals surface area contributed by atoms with Crippen molar-refractivity contribution in [3.63, 3.8) is 0 Å². The van der Waals surface area contributed by atoms with Crippen LogP contribution in [-0.2, 0) is 4.79 Å². The molecule has 0 saturated heterocycles. The van der Waals surface area contributed by atoms with Crippen LogP contribution in [0.2, 0.25) is 0 Å². The molecule has 0 unspecified atom stereocenters. The Morgan fingerprint density at radius 1 is 1.13 bits per heavy atom. The number of carbonyl (C=O) groups is 3. The second kappa shape index (κ2) is 8.24. The molecule has 0 saturated carbocycles. The fourth-order valence-corrected chi connectivity index (χ4v) is 2.62. The van der Waals surface area contributed by atoms with E-state index in [2.05, 4.69) is 10.6 Å². The molecule has 2 N–H and O–H groups in total. The van der Waals surface area contributed by atoms with Gasteiger partial charge in [-0.1, -0.05) is 12.1 Å². The number of nitrogens with one attached hydrogen (secondary N) is 2. The third-order valence-electron chi connectivity index (χ3n) is 3.20. The summed E-state index contributed by atoms with van der Waals surface area (Å²) in [7, 11) is 0. The summed E-state index contributed by atoms with van der Waals surface area (Å²) >= 11 is 1.47. The molecular weight excluding hydrogens is 312 g/mol. The van der Waals surface area contributed by atoms with Crippen LogP contribution in [0, 0.1) is 0 Å². The van der Waals surface area contributed by atoms with Gasteiger partial charge in [0.05, 0.1) is 0 Å². The smallest absolute Gasteiger partial charge is 0.252 e. The lowest BCUT2D eigenvalue weighted by Crippen LogP contribution is -2.25. The van der Waals surface area contributed by atoms with Gasteiger partial charge in [-0.3, -0.25) is 14.4 Å². The summed E-state index contributed by atoms with van der Waals surface area (Å²) in [4.78, 5) is 34.9. The molecule has 6 heteroatoms. The number of anilines is 1. The van der Waals surface area contributed by atoms with Crippen LogP contribution >= 0.6 is 11.3 Å². The van der Waals surface area contributed by atoms with E-state index < -0.39 is 0 Å². The molecule has 0 fully saturated rings. The van der Waals surface area contributed by atoms with Crippen molar-refractivity contribution in [1.82, 2.24) is 5.32 Å². The minimum atomic E-state index is -0.143. The maximum Gasteiger partial charge on any atom is 0.252 e. The summed E-state index contributed by atoms with van der Waals surface area (Å²) < 4.78 is 0. The topological polar surface area (TPSA) is 75.3 Å². The third-order valence-corrected chi connectivity index (χ3v) is 3.89. The van der Waals surface area contributed by atoms with Gasteiger partial charge >= 0.3 is 0 Å². The second-order valence-electron chi connectivity index (χ2n) is 5.06. The van der Waals surface area contributed by atoms with E-state index in [1.54, 1.807) is 35.7 Å². The van der Waals surface area contributed by atoms with E-state index >= 15 is 0 Å². The molecule has 0 radical (unpaired) electrons. The van der Waals surface area contributed by atoms with Gasteiger partial charge < -0.3 is 10.6 Å². The second-order valence-corrected chi connectivity index (χ2v) is 5.84. The van der Waals surface area contributed by atoms with Crippen molar-refractivity contribution >= 4 is 34.6 Å². The maximum absolute atomic E-state index is 11.9. The van der Waals surface area contributed by atoms with Gasteiger partial charge in [-0.05, 0) is 36.9 Å². The number of ketones is 1. The zero-order chi connectivity index (χ0) is 16.7. The number of rotatable bonds is 7. The SMILES string of the molecule is CC(=O)c1cccc(NC(=O)CCCNC(=O)c2ccsc2)c1. The van der Waals surface area contributed by atoms with Gasteiger partial charge in [0, 0.05) is 35.2 Å². The van der Waals surface area contributed by atoms with E-state index in [0.29, 0.717) is 36.2 Å². The van der Waals surface area contributed by atoms with Crippen LogP contribution in [0.3, 0.4) is 0 Å². The minimum absolute atomic E-state index is 0.0442. The van der Waals surface area contributed by atoms with E-state index in [1.165, 1.54) is 18.3 Å². The van der Waals surface area contributed by atoms with Gasteiger partial charge in [0.1, 0.15) is 0 Å². The van der Waals surface area contributed by atoms with Gasteiger partial charge in [-0.2, -0.15) is 11.3 Å². The Labute approximate surface area is 138 Å². The fraction of sp³-hybridized carbons (Fsp3) is 0.235. The van der Waals surface area contributed by atoms with Crippen LogP contribution in [0.1, 0.15) is 40.5 Å². The zero-order valence-electron chi connectivity index (χ0n) is 12.8. The molecule has 1 aromatic heterocycles. The molecule has 120 valence electrons. The Morgan fingerprint density at radius 3 is 2.65 bits per heavy atom. The van der Waals surface area contributed by atoms with Gasteiger partial charge in [0.25, 0.3) is 5.91 Å². The van der Waals surface area contributed by atoms with Gasteiger partial charge in [-0.15, -0.1) is 0 Å². The normalized spacial score (nSPS) is 10.1. The molecule has 0 aliphatic carbocycles. The molecule has 0 aliphatic heterocycles. The summed E-state index contributed by atoms with van der Waals surface area (Å²) in [6, 6.07) is 8.58. The largest absolute Gasteiger partial charge is 0.352 e.